The van der Waals surface area contributed by atoms with Crippen LogP contribution in [0.25, 0.3) is 10.9 Å². The first kappa shape index (κ1) is 19.2. The van der Waals surface area contributed by atoms with Crippen molar-refractivity contribution in [2.75, 3.05) is 26.6 Å². The molecule has 0 aliphatic rings. The van der Waals surface area contributed by atoms with E-state index >= 15 is 0 Å². The first-order valence-corrected chi connectivity index (χ1v) is 8.62. The number of aryl methyl sites for hydroxylation is 1. The molecule has 1 amide bonds. The number of carbonyl (C=O) groups is 1. The van der Waals surface area contributed by atoms with Gasteiger partial charge in [0, 0.05) is 29.6 Å². The number of nitrogens with zero attached hydrogens (tertiary/aromatic N) is 2. The summed E-state index contributed by atoms with van der Waals surface area (Å²) in [4.78, 5) is 24.3. The molecule has 0 aliphatic heterocycles. The van der Waals surface area contributed by atoms with Gasteiger partial charge in [-0.25, -0.2) is 0 Å². The van der Waals surface area contributed by atoms with Crippen LogP contribution in [0.1, 0.15) is 6.42 Å². The fourth-order valence-corrected chi connectivity index (χ4v) is 2.92. The molecule has 3 rings (SSSR count). The predicted octanol–water partition coefficient (Wildman–Crippen LogP) is 2.45. The lowest BCUT2D eigenvalue weighted by atomic mass is 10.2. The molecule has 0 saturated heterocycles. The van der Waals surface area contributed by atoms with Crippen molar-refractivity contribution in [3.8, 4) is 17.2 Å². The van der Waals surface area contributed by atoms with Crippen molar-refractivity contribution in [2.24, 2.45) is 0 Å². The van der Waals surface area contributed by atoms with E-state index in [1.165, 1.54) is 27.5 Å². The lowest BCUT2D eigenvalue weighted by molar-refractivity contribution is -0.116. The lowest BCUT2D eigenvalue weighted by Crippen LogP contribution is -2.18. The maximum Gasteiger partial charge on any atom is 0.226 e. The highest BCUT2D eigenvalue weighted by atomic mass is 16.5. The highest BCUT2D eigenvalue weighted by Crippen LogP contribution is 2.39. The summed E-state index contributed by atoms with van der Waals surface area (Å²) in [5.74, 6) is 1.14. The minimum absolute atomic E-state index is 0.145. The molecule has 0 unspecified atom stereocenters. The molecule has 3 aromatic rings. The van der Waals surface area contributed by atoms with Gasteiger partial charge in [-0.3, -0.25) is 14.3 Å². The third kappa shape index (κ3) is 3.90. The minimum Gasteiger partial charge on any atom is -0.493 e. The van der Waals surface area contributed by atoms with E-state index in [4.69, 9.17) is 14.2 Å². The normalized spacial score (nSPS) is 10.5. The van der Waals surface area contributed by atoms with Crippen LogP contribution in [-0.4, -0.2) is 37.0 Å². The summed E-state index contributed by atoms with van der Waals surface area (Å²) in [5.41, 5.74) is 1.07. The van der Waals surface area contributed by atoms with E-state index in [-0.39, 0.29) is 17.8 Å². The highest BCUT2D eigenvalue weighted by Gasteiger charge is 2.14. The molecule has 0 saturated carbocycles. The van der Waals surface area contributed by atoms with Gasteiger partial charge in [0.25, 0.3) is 0 Å². The van der Waals surface area contributed by atoms with Gasteiger partial charge < -0.3 is 19.5 Å². The Bertz CT molecular complexity index is 1040. The zero-order valence-electron chi connectivity index (χ0n) is 15.9. The van der Waals surface area contributed by atoms with Crippen LogP contribution in [0, 0.1) is 0 Å². The quantitative estimate of drug-likeness (QED) is 0.674. The van der Waals surface area contributed by atoms with Crippen LogP contribution >= 0.6 is 0 Å². The Hall–Kier alpha value is -3.55. The molecule has 1 aromatic heterocycles. The molecule has 0 radical (unpaired) electrons. The number of nitrogens with one attached hydrogen (secondary N) is 1. The number of hydrogen-bond acceptors (Lipinski definition) is 6. The maximum absolute atomic E-state index is 12.4. The summed E-state index contributed by atoms with van der Waals surface area (Å²) in [6.07, 6.45) is 1.44. The molecule has 1 heterocycles. The minimum atomic E-state index is -0.209. The number of anilines is 1. The van der Waals surface area contributed by atoms with Gasteiger partial charge in [0.2, 0.25) is 17.1 Å². The maximum atomic E-state index is 12.4. The molecule has 0 aliphatic carbocycles. The lowest BCUT2D eigenvalue weighted by Gasteiger charge is -2.15. The number of rotatable bonds is 7. The van der Waals surface area contributed by atoms with E-state index in [0.717, 1.165) is 0 Å². The van der Waals surface area contributed by atoms with E-state index < -0.39 is 0 Å². The van der Waals surface area contributed by atoms with Crippen LogP contribution in [-0.2, 0) is 11.3 Å². The second-order valence-corrected chi connectivity index (χ2v) is 5.96. The summed E-state index contributed by atoms with van der Waals surface area (Å²) < 4.78 is 17.5. The number of methoxy groups -OCH3 is 3. The molecule has 2 aromatic carbocycles. The Labute approximate surface area is 161 Å². The Balaban J connectivity index is 1.75. The van der Waals surface area contributed by atoms with Gasteiger partial charge in [0.05, 0.1) is 39.6 Å². The van der Waals surface area contributed by atoms with Gasteiger partial charge in [-0.15, -0.1) is 0 Å². The van der Waals surface area contributed by atoms with Gasteiger partial charge >= 0.3 is 0 Å². The van der Waals surface area contributed by atoms with Gasteiger partial charge in [-0.05, 0) is 12.1 Å². The van der Waals surface area contributed by atoms with Gasteiger partial charge in [0.1, 0.15) is 0 Å². The number of ether oxygens (including phenoxy) is 3. The van der Waals surface area contributed by atoms with Crippen molar-refractivity contribution in [1.29, 1.82) is 0 Å². The Kier molecular flexibility index (Phi) is 5.78. The van der Waals surface area contributed by atoms with Crippen LogP contribution in [0.15, 0.2) is 47.4 Å². The second-order valence-electron chi connectivity index (χ2n) is 5.96. The average molecular weight is 383 g/mol. The third-order valence-electron chi connectivity index (χ3n) is 4.26. The highest BCUT2D eigenvalue weighted by molar-refractivity contribution is 5.91. The van der Waals surface area contributed by atoms with Gasteiger partial charge in [0.15, 0.2) is 11.5 Å². The third-order valence-corrected chi connectivity index (χ3v) is 4.26. The van der Waals surface area contributed by atoms with Crippen LogP contribution in [0.4, 0.5) is 5.69 Å². The van der Waals surface area contributed by atoms with Crippen molar-refractivity contribution in [3.05, 3.63) is 52.8 Å². The number of carbonyl (C=O) groups excluding carboxylic acids is 1. The molecule has 0 atom stereocenters. The van der Waals surface area contributed by atoms with Crippen molar-refractivity contribution in [1.82, 2.24) is 9.78 Å². The molecule has 0 bridgehead atoms. The number of benzene rings is 2. The van der Waals surface area contributed by atoms with Crippen molar-refractivity contribution < 1.29 is 19.0 Å². The first-order valence-electron chi connectivity index (χ1n) is 8.62. The molecule has 0 fully saturated rings. The summed E-state index contributed by atoms with van der Waals surface area (Å²) in [6, 6.07) is 10.5. The Morgan fingerprint density at radius 1 is 1.07 bits per heavy atom. The van der Waals surface area contributed by atoms with Crippen LogP contribution in [0.2, 0.25) is 0 Å². The van der Waals surface area contributed by atoms with E-state index in [2.05, 4.69) is 10.4 Å². The van der Waals surface area contributed by atoms with Crippen molar-refractivity contribution in [3.63, 3.8) is 0 Å². The smallest absolute Gasteiger partial charge is 0.226 e. The number of fused-ring (bicyclic) bond motifs is 1. The molecular weight excluding hydrogens is 362 g/mol. The molecule has 0 spiro atoms. The van der Waals surface area contributed by atoms with Crippen LogP contribution in [0.3, 0.4) is 0 Å². The monoisotopic (exact) mass is 383 g/mol. The van der Waals surface area contributed by atoms with Crippen LogP contribution < -0.4 is 25.0 Å². The second kappa shape index (κ2) is 8.43. The molecule has 28 heavy (non-hydrogen) atoms. The predicted molar refractivity (Wildman–Crippen MR) is 105 cm³/mol. The first-order chi connectivity index (χ1) is 13.6. The molecule has 8 nitrogen and oxygen atoms in total. The standard InChI is InChI=1S/C20H21N3O5/c1-26-17-10-13(11-18(27-2)20(17)28-3)22-19(25)8-9-23-15-7-5-4-6-14(15)16(24)12-21-23/h4-7,10-12H,8-9H2,1-3H3,(H,22,25). The van der Waals surface area contributed by atoms with E-state index in [9.17, 15) is 9.59 Å². The summed E-state index contributed by atoms with van der Waals surface area (Å²) in [6.45, 7) is 0.330. The number of amides is 1. The zero-order valence-corrected chi connectivity index (χ0v) is 15.9. The van der Waals surface area contributed by atoms with Crippen molar-refractivity contribution in [2.45, 2.75) is 13.0 Å². The van der Waals surface area contributed by atoms with Crippen molar-refractivity contribution >= 4 is 22.5 Å². The SMILES string of the molecule is COc1cc(NC(=O)CCn2ncc(=O)c3ccccc32)cc(OC)c1OC. The Morgan fingerprint density at radius 2 is 1.75 bits per heavy atom. The molecule has 146 valence electrons. The molecule has 1 N–H and O–H groups in total. The van der Waals surface area contributed by atoms with Crippen LogP contribution in [0.5, 0.6) is 17.2 Å². The summed E-state index contributed by atoms with van der Waals surface area (Å²) >= 11 is 0. The average Bonchev–Trinajstić information content (AvgIpc) is 2.72. The fraction of sp³-hybridized carbons (Fsp3) is 0.250. The largest absolute Gasteiger partial charge is 0.493 e. The van der Waals surface area contributed by atoms with Gasteiger partial charge in [-0.1, -0.05) is 12.1 Å². The number of aromatic nitrogens is 2. The van der Waals surface area contributed by atoms with E-state index in [0.29, 0.717) is 40.4 Å². The number of hydrogen-bond donors (Lipinski definition) is 1. The topological polar surface area (TPSA) is 91.7 Å². The molecular formula is C20H21N3O5. The zero-order chi connectivity index (χ0) is 20.1. The Morgan fingerprint density at radius 3 is 2.39 bits per heavy atom. The number of para-hydroxylation sites is 1. The van der Waals surface area contributed by atoms with E-state index in [1.807, 2.05) is 6.07 Å². The summed E-state index contributed by atoms with van der Waals surface area (Å²) in [7, 11) is 4.53. The van der Waals surface area contributed by atoms with E-state index in [1.54, 1.807) is 35.0 Å². The molecule has 8 heteroatoms. The van der Waals surface area contributed by atoms with Gasteiger partial charge in [-0.2, -0.15) is 5.10 Å². The fourth-order valence-electron chi connectivity index (χ4n) is 2.92. The summed E-state index contributed by atoms with van der Waals surface area (Å²) in [5, 5.41) is 7.52.